The van der Waals surface area contributed by atoms with Gasteiger partial charge in [-0.3, -0.25) is 4.79 Å². The van der Waals surface area contributed by atoms with Crippen LogP contribution in [0, 0.1) is 0 Å². The van der Waals surface area contributed by atoms with Gasteiger partial charge in [-0.25, -0.2) is 4.68 Å². The van der Waals surface area contributed by atoms with Crippen molar-refractivity contribution in [3.63, 3.8) is 0 Å². The van der Waals surface area contributed by atoms with Crippen molar-refractivity contribution < 1.29 is 14.3 Å². The van der Waals surface area contributed by atoms with E-state index < -0.39 is 0 Å². The molecule has 8 nitrogen and oxygen atoms in total. The molecule has 0 unspecified atom stereocenters. The van der Waals surface area contributed by atoms with Gasteiger partial charge in [0.15, 0.2) is 5.82 Å². The molecule has 3 N–H and O–H groups in total. The maximum Gasteiger partial charge on any atom is 0.234 e. The zero-order valence-electron chi connectivity index (χ0n) is 18.4. The lowest BCUT2D eigenvalue weighted by Gasteiger charge is -2.11. The number of ether oxygens (including phenoxy) is 2. The van der Waals surface area contributed by atoms with Crippen molar-refractivity contribution in [3.05, 3.63) is 84.7 Å². The molecule has 34 heavy (non-hydrogen) atoms. The Bertz CT molecular complexity index is 1250. The molecule has 10 heteroatoms. The molecule has 1 amide bonds. The maximum absolute atomic E-state index is 12.6. The Kier molecular flexibility index (Phi) is 7.95. The lowest BCUT2D eigenvalue weighted by molar-refractivity contribution is -0.113. The Morgan fingerprint density at radius 1 is 1.00 bits per heavy atom. The number of amides is 1. The summed E-state index contributed by atoms with van der Waals surface area (Å²) in [4.78, 5) is 14.7. The van der Waals surface area contributed by atoms with E-state index in [2.05, 4.69) is 15.5 Å². The van der Waals surface area contributed by atoms with E-state index >= 15 is 0 Å². The first-order valence-electron chi connectivity index (χ1n) is 10.3. The van der Waals surface area contributed by atoms with Gasteiger partial charge in [0.2, 0.25) is 11.1 Å². The molecule has 4 rings (SSSR count). The van der Waals surface area contributed by atoms with Crippen LogP contribution in [0.15, 0.2) is 93.8 Å². The fourth-order valence-electron chi connectivity index (χ4n) is 2.93. The second-order valence-corrected chi connectivity index (χ2v) is 9.04. The van der Waals surface area contributed by atoms with E-state index in [1.807, 2.05) is 72.8 Å². The van der Waals surface area contributed by atoms with Gasteiger partial charge in [0.1, 0.15) is 18.1 Å². The number of nitrogens with two attached hydrogens (primary N) is 1. The number of carbonyl (C=O) groups is 1. The Labute approximate surface area is 205 Å². The molecule has 0 saturated heterocycles. The molecule has 0 aliphatic carbocycles. The normalized spacial score (nSPS) is 10.6. The van der Waals surface area contributed by atoms with Gasteiger partial charge in [0, 0.05) is 15.9 Å². The fourth-order valence-corrected chi connectivity index (χ4v) is 4.53. The second kappa shape index (κ2) is 11.5. The van der Waals surface area contributed by atoms with E-state index in [-0.39, 0.29) is 18.3 Å². The average molecular weight is 494 g/mol. The summed E-state index contributed by atoms with van der Waals surface area (Å²) in [7, 11) is 1.59. The van der Waals surface area contributed by atoms with Crippen molar-refractivity contribution in [1.82, 2.24) is 14.9 Å². The monoisotopic (exact) mass is 493 g/mol. The molecule has 174 valence electrons. The largest absolute Gasteiger partial charge is 0.497 e. The Balaban J connectivity index is 1.32. The number of para-hydroxylation sites is 1. The molecule has 0 aliphatic heterocycles. The van der Waals surface area contributed by atoms with Gasteiger partial charge in [0.25, 0.3) is 0 Å². The van der Waals surface area contributed by atoms with Crippen LogP contribution in [0.1, 0.15) is 5.82 Å². The molecule has 4 aromatic rings. The van der Waals surface area contributed by atoms with Gasteiger partial charge in [0.05, 0.1) is 18.6 Å². The minimum Gasteiger partial charge on any atom is -0.497 e. The standard InChI is InChI=1S/C24H23N5O3S2/c1-31-17-8-7-9-18(14-17)32-15-22-27-28-24(29(22)25)33-16-23(30)26-20-12-5-6-13-21(20)34-19-10-3-2-4-11-19/h2-14H,15-16,25H2,1H3,(H,26,30). The van der Waals surface area contributed by atoms with E-state index in [9.17, 15) is 4.79 Å². The molecule has 1 heterocycles. The Hall–Kier alpha value is -3.63. The van der Waals surface area contributed by atoms with E-state index in [4.69, 9.17) is 15.3 Å². The zero-order valence-corrected chi connectivity index (χ0v) is 20.0. The van der Waals surface area contributed by atoms with Crippen molar-refractivity contribution in [2.24, 2.45) is 0 Å². The lowest BCUT2D eigenvalue weighted by Crippen LogP contribution is -2.18. The molecule has 3 aromatic carbocycles. The highest BCUT2D eigenvalue weighted by molar-refractivity contribution is 8.00. The number of benzene rings is 3. The van der Waals surface area contributed by atoms with Crippen molar-refractivity contribution in [2.75, 3.05) is 24.0 Å². The summed E-state index contributed by atoms with van der Waals surface area (Å²) < 4.78 is 12.2. The molecular formula is C24H23N5O3S2. The SMILES string of the molecule is COc1cccc(OCc2nnc(SCC(=O)Nc3ccccc3Sc3ccccc3)n2N)c1. The first-order chi connectivity index (χ1) is 16.6. The van der Waals surface area contributed by atoms with Crippen LogP contribution in [-0.2, 0) is 11.4 Å². The molecule has 0 fully saturated rings. The lowest BCUT2D eigenvalue weighted by atomic mass is 10.3. The van der Waals surface area contributed by atoms with Gasteiger partial charge < -0.3 is 20.6 Å². The molecule has 1 aromatic heterocycles. The van der Waals surface area contributed by atoms with E-state index in [0.29, 0.717) is 22.5 Å². The highest BCUT2D eigenvalue weighted by Gasteiger charge is 2.14. The van der Waals surface area contributed by atoms with E-state index in [1.54, 1.807) is 24.9 Å². The topological polar surface area (TPSA) is 104 Å². The minimum absolute atomic E-state index is 0.132. The van der Waals surface area contributed by atoms with Crippen LogP contribution in [0.3, 0.4) is 0 Å². The Morgan fingerprint density at radius 3 is 2.59 bits per heavy atom. The summed E-state index contributed by atoms with van der Waals surface area (Å²) in [6.07, 6.45) is 0. The summed E-state index contributed by atoms with van der Waals surface area (Å²) >= 11 is 2.80. The van der Waals surface area contributed by atoms with Gasteiger partial charge in [-0.05, 0) is 36.4 Å². The molecule has 0 atom stereocenters. The number of thioether (sulfide) groups is 1. The van der Waals surface area contributed by atoms with Crippen LogP contribution in [0.5, 0.6) is 11.5 Å². The number of nitrogens with one attached hydrogen (secondary N) is 1. The number of nitrogen functional groups attached to an aromatic ring is 1. The number of methoxy groups -OCH3 is 1. The van der Waals surface area contributed by atoms with E-state index in [1.165, 1.54) is 16.4 Å². The van der Waals surface area contributed by atoms with Crippen LogP contribution in [0.2, 0.25) is 0 Å². The van der Waals surface area contributed by atoms with Crippen LogP contribution in [0.25, 0.3) is 0 Å². The summed E-state index contributed by atoms with van der Waals surface area (Å²) in [6, 6.07) is 24.9. The van der Waals surface area contributed by atoms with Crippen molar-refractivity contribution >= 4 is 35.1 Å². The van der Waals surface area contributed by atoms with Gasteiger partial charge in [-0.2, -0.15) is 0 Å². The van der Waals surface area contributed by atoms with Crippen LogP contribution < -0.4 is 20.6 Å². The van der Waals surface area contributed by atoms with Gasteiger partial charge in [-0.1, -0.05) is 59.9 Å². The first kappa shape index (κ1) is 23.5. The number of hydrogen-bond donors (Lipinski definition) is 2. The highest BCUT2D eigenvalue weighted by Crippen LogP contribution is 2.33. The zero-order chi connectivity index (χ0) is 23.8. The minimum atomic E-state index is -0.164. The third kappa shape index (κ3) is 6.24. The average Bonchev–Trinajstić information content (AvgIpc) is 3.22. The summed E-state index contributed by atoms with van der Waals surface area (Å²) in [6.45, 7) is 0.132. The molecule has 0 aliphatic rings. The predicted octanol–water partition coefficient (Wildman–Crippen LogP) is 4.46. The summed E-state index contributed by atoms with van der Waals surface area (Å²) in [5, 5.41) is 11.5. The number of rotatable bonds is 10. The van der Waals surface area contributed by atoms with Crippen molar-refractivity contribution in [2.45, 2.75) is 21.6 Å². The maximum atomic E-state index is 12.6. The van der Waals surface area contributed by atoms with Gasteiger partial charge >= 0.3 is 0 Å². The third-order valence-corrected chi connectivity index (χ3v) is 6.64. The van der Waals surface area contributed by atoms with E-state index in [0.717, 1.165) is 15.5 Å². The van der Waals surface area contributed by atoms with Crippen molar-refractivity contribution in [1.29, 1.82) is 0 Å². The fraction of sp³-hybridized carbons (Fsp3) is 0.125. The number of aromatic nitrogens is 3. The number of anilines is 1. The molecule has 0 bridgehead atoms. The van der Waals surface area contributed by atoms with Gasteiger partial charge in [-0.15, -0.1) is 10.2 Å². The molecule has 0 spiro atoms. The Morgan fingerprint density at radius 2 is 1.76 bits per heavy atom. The highest BCUT2D eigenvalue weighted by atomic mass is 32.2. The number of carbonyl (C=O) groups excluding carboxylic acids is 1. The number of hydrogen-bond acceptors (Lipinski definition) is 8. The second-order valence-electron chi connectivity index (χ2n) is 6.98. The predicted molar refractivity (Wildman–Crippen MR) is 134 cm³/mol. The smallest absolute Gasteiger partial charge is 0.234 e. The van der Waals surface area contributed by atoms with Crippen LogP contribution in [-0.4, -0.2) is 33.6 Å². The van der Waals surface area contributed by atoms with Crippen LogP contribution >= 0.6 is 23.5 Å². The van der Waals surface area contributed by atoms with Crippen LogP contribution in [0.4, 0.5) is 5.69 Å². The molecular weight excluding hydrogens is 470 g/mol. The first-order valence-corrected chi connectivity index (χ1v) is 12.1. The summed E-state index contributed by atoms with van der Waals surface area (Å²) in [5.41, 5.74) is 0.753. The molecule has 0 radical (unpaired) electrons. The van der Waals surface area contributed by atoms with Crippen molar-refractivity contribution in [3.8, 4) is 11.5 Å². The third-order valence-electron chi connectivity index (χ3n) is 4.61. The molecule has 0 saturated carbocycles. The quantitative estimate of drug-likeness (QED) is 0.246. The number of nitrogens with zero attached hydrogens (tertiary/aromatic N) is 3. The summed E-state index contributed by atoms with van der Waals surface area (Å²) in [5.74, 6) is 7.84.